The van der Waals surface area contributed by atoms with Crippen LogP contribution in [0.25, 0.3) is 0 Å². The summed E-state index contributed by atoms with van der Waals surface area (Å²) in [6.45, 7) is 0.323. The number of cyclic esters (lactones) is 1. The first-order chi connectivity index (χ1) is 13.5. The van der Waals surface area contributed by atoms with E-state index in [1.165, 1.54) is 0 Å². The van der Waals surface area contributed by atoms with Gasteiger partial charge in [-0.1, -0.05) is 23.3 Å². The molecule has 2 aromatic rings. The van der Waals surface area contributed by atoms with E-state index in [0.29, 0.717) is 24.0 Å². The lowest BCUT2D eigenvalue weighted by Gasteiger charge is -2.16. The molecule has 144 valence electrons. The summed E-state index contributed by atoms with van der Waals surface area (Å²) in [6, 6.07) is 13.0. The molecule has 0 fully saturated rings. The minimum atomic E-state index is -0.475. The molecule has 0 amide bonds. The average Bonchev–Trinajstić information content (AvgIpc) is 3.07. The van der Waals surface area contributed by atoms with Gasteiger partial charge in [0.15, 0.2) is 12.2 Å². The van der Waals surface area contributed by atoms with Gasteiger partial charge in [-0.25, -0.2) is 9.79 Å². The lowest BCUT2D eigenvalue weighted by molar-refractivity contribution is -0.735. The van der Waals surface area contributed by atoms with Crippen molar-refractivity contribution in [1.82, 2.24) is 14.9 Å². The monoisotopic (exact) mass is 379 g/mol. The summed E-state index contributed by atoms with van der Waals surface area (Å²) >= 11 is 0. The van der Waals surface area contributed by atoms with E-state index in [1.807, 2.05) is 80.5 Å². The number of esters is 1. The number of ether oxygens (including phenoxy) is 1. The average molecular weight is 379 g/mol. The standard InChI is InChI=1S/C20H23N6O2/c1-24(2)14-21-17-11-8-12-22-26(17)13-16(25(3)4)18-20(27)28-19(23-18)15-9-6-5-7-10-15/h5-12,14H,13H2,1-4H3/q+1/b18-16-. The van der Waals surface area contributed by atoms with E-state index >= 15 is 0 Å². The summed E-state index contributed by atoms with van der Waals surface area (Å²) in [5.41, 5.74) is 1.70. The molecule has 0 saturated heterocycles. The van der Waals surface area contributed by atoms with Crippen LogP contribution in [0.15, 0.2) is 70.0 Å². The Morgan fingerprint density at radius 2 is 1.89 bits per heavy atom. The first-order valence-electron chi connectivity index (χ1n) is 8.78. The van der Waals surface area contributed by atoms with E-state index in [9.17, 15) is 4.79 Å². The number of hydrogen-bond acceptors (Lipinski definition) is 6. The summed E-state index contributed by atoms with van der Waals surface area (Å²) in [4.78, 5) is 25.1. The van der Waals surface area contributed by atoms with Gasteiger partial charge in [0, 0.05) is 39.8 Å². The molecule has 3 rings (SSSR count). The van der Waals surface area contributed by atoms with Gasteiger partial charge in [-0.2, -0.15) is 0 Å². The van der Waals surface area contributed by atoms with E-state index < -0.39 is 5.97 Å². The molecule has 0 atom stereocenters. The molecule has 8 heteroatoms. The fraction of sp³-hybridized carbons (Fsp3) is 0.250. The molecular formula is C20H23N6O2+. The van der Waals surface area contributed by atoms with Crippen molar-refractivity contribution in [2.75, 3.05) is 28.2 Å². The lowest BCUT2D eigenvalue weighted by Crippen LogP contribution is -2.42. The van der Waals surface area contributed by atoms with Crippen molar-refractivity contribution in [3.8, 4) is 0 Å². The van der Waals surface area contributed by atoms with E-state index in [4.69, 9.17) is 4.74 Å². The summed E-state index contributed by atoms with van der Waals surface area (Å²) in [6.07, 6.45) is 3.38. The molecular weight excluding hydrogens is 356 g/mol. The van der Waals surface area contributed by atoms with E-state index in [1.54, 1.807) is 17.2 Å². The van der Waals surface area contributed by atoms with Gasteiger partial charge in [-0.05, 0) is 23.2 Å². The van der Waals surface area contributed by atoms with Crippen LogP contribution in [-0.4, -0.2) is 61.3 Å². The maximum Gasteiger partial charge on any atom is 0.365 e. The summed E-state index contributed by atoms with van der Waals surface area (Å²) in [7, 11) is 7.51. The van der Waals surface area contributed by atoms with Gasteiger partial charge < -0.3 is 14.5 Å². The first kappa shape index (κ1) is 19.2. The number of allylic oxidation sites excluding steroid dienone is 1. The van der Waals surface area contributed by atoms with E-state index in [2.05, 4.69) is 15.1 Å². The number of hydrogen-bond donors (Lipinski definition) is 0. The Bertz CT molecular complexity index is 948. The van der Waals surface area contributed by atoms with Crippen molar-refractivity contribution in [1.29, 1.82) is 0 Å². The van der Waals surface area contributed by atoms with Gasteiger partial charge in [0.2, 0.25) is 12.2 Å². The van der Waals surface area contributed by atoms with Crippen LogP contribution in [0.5, 0.6) is 0 Å². The van der Waals surface area contributed by atoms with Gasteiger partial charge in [0.05, 0.1) is 11.9 Å². The minimum Gasteiger partial charge on any atom is -0.402 e. The molecule has 1 aromatic carbocycles. The predicted molar refractivity (Wildman–Crippen MR) is 106 cm³/mol. The van der Waals surface area contributed by atoms with Crippen LogP contribution in [0, 0.1) is 0 Å². The zero-order valence-corrected chi connectivity index (χ0v) is 16.4. The highest BCUT2D eigenvalue weighted by Gasteiger charge is 2.30. The van der Waals surface area contributed by atoms with Crippen molar-refractivity contribution in [3.05, 3.63) is 65.6 Å². The van der Waals surface area contributed by atoms with Gasteiger partial charge >= 0.3 is 11.8 Å². The molecule has 0 unspecified atom stereocenters. The van der Waals surface area contributed by atoms with Crippen LogP contribution in [0.3, 0.4) is 0 Å². The van der Waals surface area contributed by atoms with Crippen LogP contribution >= 0.6 is 0 Å². The van der Waals surface area contributed by atoms with Crippen molar-refractivity contribution < 1.29 is 14.2 Å². The van der Waals surface area contributed by atoms with Gasteiger partial charge in [0.25, 0.3) is 0 Å². The Morgan fingerprint density at radius 3 is 2.57 bits per heavy atom. The number of benzene rings is 1. The second kappa shape index (κ2) is 8.43. The Kier molecular flexibility index (Phi) is 5.78. The number of nitrogens with zero attached hydrogens (tertiary/aromatic N) is 6. The number of rotatable bonds is 6. The van der Waals surface area contributed by atoms with Crippen molar-refractivity contribution in [3.63, 3.8) is 0 Å². The van der Waals surface area contributed by atoms with E-state index in [0.717, 1.165) is 5.56 Å². The summed E-state index contributed by atoms with van der Waals surface area (Å²) < 4.78 is 7.11. The third-order valence-electron chi connectivity index (χ3n) is 3.95. The number of carbonyl (C=O) groups is 1. The summed E-state index contributed by atoms with van der Waals surface area (Å²) in [5.74, 6) is 0.490. The minimum absolute atomic E-state index is 0.268. The third-order valence-corrected chi connectivity index (χ3v) is 3.95. The zero-order chi connectivity index (χ0) is 20.1. The first-order valence-corrected chi connectivity index (χ1v) is 8.78. The molecule has 0 saturated carbocycles. The summed E-state index contributed by atoms with van der Waals surface area (Å²) in [5, 5.41) is 4.38. The second-order valence-electron chi connectivity index (χ2n) is 6.61. The van der Waals surface area contributed by atoms with Gasteiger partial charge in [-0.15, -0.1) is 4.68 Å². The van der Waals surface area contributed by atoms with Crippen molar-refractivity contribution in [2.45, 2.75) is 6.54 Å². The molecule has 0 radical (unpaired) electrons. The Hall–Kier alpha value is -3.55. The molecule has 28 heavy (non-hydrogen) atoms. The normalized spacial score (nSPS) is 15.4. The molecule has 1 aliphatic heterocycles. The van der Waals surface area contributed by atoms with Crippen LogP contribution in [0.1, 0.15) is 5.56 Å². The van der Waals surface area contributed by atoms with Crippen molar-refractivity contribution in [2.24, 2.45) is 9.98 Å². The largest absolute Gasteiger partial charge is 0.402 e. The van der Waals surface area contributed by atoms with Crippen LogP contribution in [-0.2, 0) is 16.1 Å². The Labute approximate surface area is 164 Å². The van der Waals surface area contributed by atoms with E-state index in [-0.39, 0.29) is 5.70 Å². The molecule has 0 N–H and O–H groups in total. The molecule has 8 nitrogen and oxygen atoms in total. The number of likely N-dealkylation sites (N-methyl/N-ethyl adjacent to an activating group) is 1. The fourth-order valence-electron chi connectivity index (χ4n) is 2.56. The topological polar surface area (TPSA) is 74.3 Å². The molecule has 0 aliphatic carbocycles. The third kappa shape index (κ3) is 4.40. The lowest BCUT2D eigenvalue weighted by atomic mass is 10.2. The van der Waals surface area contributed by atoms with Crippen LogP contribution in [0.4, 0.5) is 5.82 Å². The number of carbonyl (C=O) groups excluding carboxylic acids is 1. The Morgan fingerprint density at radius 1 is 1.14 bits per heavy atom. The van der Waals surface area contributed by atoms with Crippen LogP contribution < -0.4 is 4.68 Å². The molecule has 1 aromatic heterocycles. The van der Waals surface area contributed by atoms with Gasteiger partial charge in [0.1, 0.15) is 0 Å². The zero-order valence-electron chi connectivity index (χ0n) is 16.4. The maximum absolute atomic E-state index is 12.5. The molecule has 2 heterocycles. The number of aliphatic imine (C=N–C) groups is 2. The SMILES string of the molecule is CN(C)C=Nc1cccn[n+]1C/C(=C1/N=C(c2ccccc2)OC1=O)N(C)C. The van der Waals surface area contributed by atoms with Crippen molar-refractivity contribution >= 4 is 24.0 Å². The fourth-order valence-corrected chi connectivity index (χ4v) is 2.56. The van der Waals surface area contributed by atoms with Crippen LogP contribution in [0.2, 0.25) is 0 Å². The highest BCUT2D eigenvalue weighted by molar-refractivity contribution is 6.11. The highest BCUT2D eigenvalue weighted by atomic mass is 16.6. The maximum atomic E-state index is 12.5. The highest BCUT2D eigenvalue weighted by Crippen LogP contribution is 2.21. The molecule has 1 aliphatic rings. The molecule has 0 spiro atoms. The second-order valence-corrected chi connectivity index (χ2v) is 6.61. The predicted octanol–water partition coefficient (Wildman–Crippen LogP) is 1.37. The quantitative estimate of drug-likeness (QED) is 0.249. The van der Waals surface area contributed by atoms with Gasteiger partial charge in [-0.3, -0.25) is 0 Å². The smallest absolute Gasteiger partial charge is 0.365 e. The Balaban J connectivity index is 1.99. The molecule has 0 bridgehead atoms. The number of aromatic nitrogens is 2.